The van der Waals surface area contributed by atoms with Gasteiger partial charge in [0.05, 0.1) is 12.6 Å². The van der Waals surface area contributed by atoms with Crippen LogP contribution < -0.4 is 5.32 Å². The molecule has 2 aliphatic heterocycles. The summed E-state index contributed by atoms with van der Waals surface area (Å²) < 4.78 is 5.80. The van der Waals surface area contributed by atoms with Gasteiger partial charge in [-0.1, -0.05) is 11.6 Å². The van der Waals surface area contributed by atoms with Gasteiger partial charge in [-0.25, -0.2) is 0 Å². The molecule has 1 amide bonds. The van der Waals surface area contributed by atoms with E-state index in [1.165, 1.54) is 0 Å². The molecule has 0 bridgehead atoms. The van der Waals surface area contributed by atoms with Crippen molar-refractivity contribution in [3.05, 3.63) is 29.3 Å². The molecule has 2 N–H and O–H groups in total. The lowest BCUT2D eigenvalue weighted by Crippen LogP contribution is -2.57. The predicted molar refractivity (Wildman–Crippen MR) is 85.1 cm³/mol. The van der Waals surface area contributed by atoms with Crippen LogP contribution in [0.15, 0.2) is 24.3 Å². The Bertz CT molecular complexity index is 529. The molecule has 120 valence electrons. The molecule has 22 heavy (non-hydrogen) atoms. The molecule has 1 spiro atoms. The molecule has 0 radical (unpaired) electrons. The second-order valence-electron chi connectivity index (χ2n) is 6.09. The third-order valence-corrected chi connectivity index (χ3v) is 4.70. The van der Waals surface area contributed by atoms with Crippen molar-refractivity contribution in [2.75, 3.05) is 31.6 Å². The maximum Gasteiger partial charge on any atom is 0.238 e. The van der Waals surface area contributed by atoms with Crippen LogP contribution in [-0.2, 0) is 9.53 Å². The number of benzene rings is 1. The normalized spacial score (nSPS) is 28.9. The number of piperidine rings is 1. The molecule has 0 unspecified atom stereocenters. The number of amides is 1. The van der Waals surface area contributed by atoms with Gasteiger partial charge in [-0.2, -0.15) is 0 Å². The number of hydrogen-bond acceptors (Lipinski definition) is 4. The molecule has 2 heterocycles. The summed E-state index contributed by atoms with van der Waals surface area (Å²) in [7, 11) is 0. The lowest BCUT2D eigenvalue weighted by atomic mass is 9.87. The molecular formula is C16H21ClN2O3. The molecule has 0 aromatic heterocycles. The van der Waals surface area contributed by atoms with E-state index < -0.39 is 11.7 Å². The van der Waals surface area contributed by atoms with E-state index in [-0.39, 0.29) is 5.91 Å². The van der Waals surface area contributed by atoms with E-state index in [1.54, 1.807) is 24.3 Å². The van der Waals surface area contributed by atoms with Crippen LogP contribution in [0.1, 0.15) is 19.3 Å². The fraction of sp³-hybridized carbons (Fsp3) is 0.562. The number of carbonyl (C=O) groups excluding carboxylic acids is 1. The molecule has 1 aromatic carbocycles. The Morgan fingerprint density at radius 2 is 2.23 bits per heavy atom. The highest BCUT2D eigenvalue weighted by molar-refractivity contribution is 6.30. The average Bonchev–Trinajstić information content (AvgIpc) is 2.95. The van der Waals surface area contributed by atoms with Gasteiger partial charge in [0, 0.05) is 30.4 Å². The zero-order valence-electron chi connectivity index (χ0n) is 12.4. The van der Waals surface area contributed by atoms with Crippen LogP contribution in [0.4, 0.5) is 5.69 Å². The minimum absolute atomic E-state index is 0.0631. The summed E-state index contributed by atoms with van der Waals surface area (Å²) in [6.07, 6.45) is 2.06. The monoisotopic (exact) mass is 324 g/mol. The predicted octanol–water partition coefficient (Wildman–Crippen LogP) is 1.89. The van der Waals surface area contributed by atoms with E-state index in [4.69, 9.17) is 16.3 Å². The summed E-state index contributed by atoms with van der Waals surface area (Å²) in [5.41, 5.74) is 0.261. The first-order chi connectivity index (χ1) is 10.6. The Hall–Kier alpha value is -1.14. The quantitative estimate of drug-likeness (QED) is 0.891. The van der Waals surface area contributed by atoms with E-state index in [0.717, 1.165) is 18.5 Å². The minimum Gasteiger partial charge on any atom is -0.390 e. The van der Waals surface area contributed by atoms with Crippen LogP contribution in [0, 0.1) is 0 Å². The van der Waals surface area contributed by atoms with Crippen molar-refractivity contribution < 1.29 is 14.6 Å². The number of rotatable bonds is 3. The Labute approximate surface area is 135 Å². The Kier molecular flexibility index (Phi) is 4.68. The summed E-state index contributed by atoms with van der Waals surface area (Å²) in [5, 5.41) is 13.7. The van der Waals surface area contributed by atoms with Gasteiger partial charge in [-0.15, -0.1) is 0 Å². The molecule has 1 aromatic rings. The molecule has 2 saturated heterocycles. The van der Waals surface area contributed by atoms with Gasteiger partial charge in [0.25, 0.3) is 0 Å². The summed E-state index contributed by atoms with van der Waals surface area (Å²) >= 11 is 5.83. The third-order valence-electron chi connectivity index (χ3n) is 4.45. The third kappa shape index (κ3) is 3.43. The largest absolute Gasteiger partial charge is 0.390 e. The first-order valence-electron chi connectivity index (χ1n) is 7.67. The molecule has 3 rings (SSSR count). The van der Waals surface area contributed by atoms with E-state index in [9.17, 15) is 9.90 Å². The van der Waals surface area contributed by atoms with Gasteiger partial charge >= 0.3 is 0 Å². The summed E-state index contributed by atoms with van der Waals surface area (Å²) in [4.78, 5) is 14.2. The molecule has 0 saturated carbocycles. The maximum absolute atomic E-state index is 12.2. The number of ether oxygens (including phenoxy) is 1. The van der Waals surface area contributed by atoms with Crippen molar-refractivity contribution in [3.8, 4) is 0 Å². The van der Waals surface area contributed by atoms with Crippen LogP contribution in [0.5, 0.6) is 0 Å². The number of anilines is 1. The van der Waals surface area contributed by atoms with E-state index in [2.05, 4.69) is 10.2 Å². The van der Waals surface area contributed by atoms with Crippen molar-refractivity contribution in [2.24, 2.45) is 0 Å². The molecule has 2 fully saturated rings. The van der Waals surface area contributed by atoms with Gasteiger partial charge in [0.1, 0.15) is 5.60 Å². The molecule has 2 aliphatic rings. The van der Waals surface area contributed by atoms with Crippen LogP contribution >= 0.6 is 11.6 Å². The first kappa shape index (κ1) is 15.7. The lowest BCUT2D eigenvalue weighted by Gasteiger charge is -2.42. The van der Waals surface area contributed by atoms with E-state index in [0.29, 0.717) is 37.7 Å². The van der Waals surface area contributed by atoms with Gasteiger partial charge in [-0.3, -0.25) is 9.69 Å². The number of aliphatic hydroxyl groups is 1. The van der Waals surface area contributed by atoms with Crippen molar-refractivity contribution >= 4 is 23.2 Å². The fourth-order valence-electron chi connectivity index (χ4n) is 3.31. The van der Waals surface area contributed by atoms with Crippen LogP contribution in [-0.4, -0.2) is 53.9 Å². The molecule has 0 aliphatic carbocycles. The zero-order valence-corrected chi connectivity index (χ0v) is 13.2. The molecular weight excluding hydrogens is 304 g/mol. The van der Waals surface area contributed by atoms with E-state index in [1.807, 2.05) is 0 Å². The Morgan fingerprint density at radius 3 is 2.91 bits per heavy atom. The minimum atomic E-state index is -0.473. The highest BCUT2D eigenvalue weighted by Crippen LogP contribution is 2.34. The van der Waals surface area contributed by atoms with Crippen molar-refractivity contribution in [1.82, 2.24) is 4.90 Å². The summed E-state index contributed by atoms with van der Waals surface area (Å²) in [5.74, 6) is -0.0631. The number of hydrogen-bond donors (Lipinski definition) is 2. The smallest absolute Gasteiger partial charge is 0.238 e. The molecule has 2 atom stereocenters. The lowest BCUT2D eigenvalue weighted by molar-refractivity contribution is -0.137. The second kappa shape index (κ2) is 6.54. The van der Waals surface area contributed by atoms with Crippen molar-refractivity contribution in [2.45, 2.75) is 31.0 Å². The highest BCUT2D eigenvalue weighted by Gasteiger charge is 2.46. The van der Waals surface area contributed by atoms with Gasteiger partial charge in [-0.05, 0) is 43.5 Å². The first-order valence-corrected chi connectivity index (χ1v) is 8.05. The standard InChI is InChI=1S/C16H21ClN2O3/c17-12-2-4-13(5-3-12)18-15(21)10-19-8-6-14(20)16(11-19)7-1-9-22-16/h2-5,14,20H,1,6-11H2,(H,18,21)/t14-,16-/m0/s1. The zero-order chi connectivity index (χ0) is 15.6. The van der Waals surface area contributed by atoms with Crippen LogP contribution in [0.2, 0.25) is 5.02 Å². The molecule has 5 nitrogen and oxygen atoms in total. The van der Waals surface area contributed by atoms with Gasteiger partial charge < -0.3 is 15.2 Å². The summed E-state index contributed by atoms with van der Waals surface area (Å²) in [6.45, 7) is 2.32. The van der Waals surface area contributed by atoms with Crippen LogP contribution in [0.3, 0.4) is 0 Å². The Balaban J connectivity index is 1.56. The SMILES string of the molecule is O=C(CN1CC[C@H](O)[C@]2(CCCO2)C1)Nc1ccc(Cl)cc1. The number of nitrogens with one attached hydrogen (secondary N) is 1. The van der Waals surface area contributed by atoms with Gasteiger partial charge in [0.15, 0.2) is 0 Å². The Morgan fingerprint density at radius 1 is 1.45 bits per heavy atom. The topological polar surface area (TPSA) is 61.8 Å². The highest BCUT2D eigenvalue weighted by atomic mass is 35.5. The number of halogens is 1. The second-order valence-corrected chi connectivity index (χ2v) is 6.52. The maximum atomic E-state index is 12.2. The van der Waals surface area contributed by atoms with Crippen LogP contribution in [0.25, 0.3) is 0 Å². The van der Waals surface area contributed by atoms with Gasteiger partial charge in [0.2, 0.25) is 5.91 Å². The number of carbonyl (C=O) groups is 1. The number of nitrogens with zero attached hydrogens (tertiary/aromatic N) is 1. The van der Waals surface area contributed by atoms with E-state index >= 15 is 0 Å². The molecule has 6 heteroatoms. The number of aliphatic hydroxyl groups excluding tert-OH is 1. The number of likely N-dealkylation sites (tertiary alicyclic amines) is 1. The van der Waals surface area contributed by atoms with Crippen molar-refractivity contribution in [1.29, 1.82) is 0 Å². The summed E-state index contributed by atoms with van der Waals surface area (Å²) in [6, 6.07) is 7.05. The fourth-order valence-corrected chi connectivity index (χ4v) is 3.44. The van der Waals surface area contributed by atoms with Crippen molar-refractivity contribution in [3.63, 3.8) is 0 Å². The average molecular weight is 325 g/mol.